The van der Waals surface area contributed by atoms with Crippen LogP contribution >= 0.6 is 0 Å². The van der Waals surface area contributed by atoms with Crippen LogP contribution in [0, 0.1) is 12.8 Å². The van der Waals surface area contributed by atoms with Gasteiger partial charge in [0.15, 0.2) is 0 Å². The lowest BCUT2D eigenvalue weighted by Gasteiger charge is -2.26. The molecule has 0 bridgehead atoms. The Hall–Kier alpha value is -2.63. The fraction of sp³-hybridized carbons (Fsp3) is 0.450. The van der Waals surface area contributed by atoms with Crippen molar-refractivity contribution < 1.29 is 9.59 Å². The van der Waals surface area contributed by atoms with E-state index in [9.17, 15) is 9.59 Å². The highest BCUT2D eigenvalue weighted by molar-refractivity contribution is 5.89. The highest BCUT2D eigenvalue weighted by Gasteiger charge is 2.40. The Kier molecular flexibility index (Phi) is 4.49. The number of hydrogen-bond donors (Lipinski definition) is 1. The standard InChI is InChI=1S/C20H24N4O2/c1-14-4-6-15(7-5-14)12-23-13-16(11-19(23)25)20(26)24-10-2-3-18(24)17-8-9-21-22-17/h4-9,16,18H,2-3,10-13H2,1H3,(H,21,22). The molecule has 6 nitrogen and oxygen atoms in total. The second kappa shape index (κ2) is 6.94. The molecular weight excluding hydrogens is 328 g/mol. The van der Waals surface area contributed by atoms with E-state index in [4.69, 9.17) is 0 Å². The third-order valence-corrected chi connectivity index (χ3v) is 5.47. The summed E-state index contributed by atoms with van der Waals surface area (Å²) >= 11 is 0. The van der Waals surface area contributed by atoms with Crippen LogP contribution in [-0.4, -0.2) is 44.9 Å². The molecule has 26 heavy (non-hydrogen) atoms. The summed E-state index contributed by atoms with van der Waals surface area (Å²) in [5, 5.41) is 7.00. The lowest BCUT2D eigenvalue weighted by Crippen LogP contribution is -2.37. The van der Waals surface area contributed by atoms with Crippen LogP contribution in [-0.2, 0) is 16.1 Å². The molecule has 1 aromatic carbocycles. The van der Waals surface area contributed by atoms with Crippen molar-refractivity contribution in [2.24, 2.45) is 5.92 Å². The molecule has 2 atom stereocenters. The van der Waals surface area contributed by atoms with E-state index >= 15 is 0 Å². The van der Waals surface area contributed by atoms with Crippen LogP contribution in [0.5, 0.6) is 0 Å². The van der Waals surface area contributed by atoms with E-state index < -0.39 is 0 Å². The summed E-state index contributed by atoms with van der Waals surface area (Å²) in [4.78, 5) is 29.2. The predicted octanol–water partition coefficient (Wildman–Crippen LogP) is 2.43. The first-order valence-electron chi connectivity index (χ1n) is 9.25. The van der Waals surface area contributed by atoms with E-state index in [2.05, 4.69) is 22.3 Å². The summed E-state index contributed by atoms with van der Waals surface area (Å²) in [7, 11) is 0. The molecule has 136 valence electrons. The molecule has 6 heteroatoms. The molecule has 2 aliphatic rings. The van der Waals surface area contributed by atoms with E-state index in [-0.39, 0.29) is 23.8 Å². The second-order valence-corrected chi connectivity index (χ2v) is 7.36. The van der Waals surface area contributed by atoms with Crippen molar-refractivity contribution in [2.75, 3.05) is 13.1 Å². The fourth-order valence-corrected chi connectivity index (χ4v) is 4.04. The van der Waals surface area contributed by atoms with Crippen LogP contribution in [0.4, 0.5) is 0 Å². The number of hydrogen-bond acceptors (Lipinski definition) is 3. The van der Waals surface area contributed by atoms with Crippen LogP contribution in [0.2, 0.25) is 0 Å². The van der Waals surface area contributed by atoms with Gasteiger partial charge in [0.2, 0.25) is 11.8 Å². The molecule has 4 rings (SSSR count). The first-order valence-corrected chi connectivity index (χ1v) is 9.25. The van der Waals surface area contributed by atoms with Gasteiger partial charge in [-0.05, 0) is 31.4 Å². The minimum absolute atomic E-state index is 0.0613. The summed E-state index contributed by atoms with van der Waals surface area (Å²) in [5.41, 5.74) is 3.29. The van der Waals surface area contributed by atoms with Gasteiger partial charge >= 0.3 is 0 Å². The number of amides is 2. The van der Waals surface area contributed by atoms with Gasteiger partial charge in [0, 0.05) is 32.3 Å². The molecule has 2 saturated heterocycles. The average molecular weight is 352 g/mol. The molecule has 0 spiro atoms. The number of rotatable bonds is 4. The van der Waals surface area contributed by atoms with Crippen molar-refractivity contribution in [3.63, 3.8) is 0 Å². The van der Waals surface area contributed by atoms with Crippen molar-refractivity contribution >= 4 is 11.8 Å². The lowest BCUT2D eigenvalue weighted by atomic mass is 10.1. The zero-order chi connectivity index (χ0) is 18.1. The van der Waals surface area contributed by atoms with Gasteiger partial charge in [0.25, 0.3) is 0 Å². The molecule has 2 aromatic rings. The van der Waals surface area contributed by atoms with Crippen molar-refractivity contribution in [1.29, 1.82) is 0 Å². The summed E-state index contributed by atoms with van der Waals surface area (Å²) in [6.45, 7) is 3.89. The number of H-pyrrole nitrogens is 1. The number of benzene rings is 1. The monoisotopic (exact) mass is 352 g/mol. The van der Waals surface area contributed by atoms with Gasteiger partial charge in [-0.1, -0.05) is 29.8 Å². The first kappa shape index (κ1) is 16.8. The normalized spacial score (nSPS) is 23.0. The Labute approximate surface area is 153 Å². The molecule has 3 heterocycles. The van der Waals surface area contributed by atoms with Gasteiger partial charge in [0.1, 0.15) is 0 Å². The number of carbonyl (C=O) groups excluding carboxylic acids is 2. The van der Waals surface area contributed by atoms with Crippen molar-refractivity contribution in [1.82, 2.24) is 20.0 Å². The number of aromatic nitrogens is 2. The quantitative estimate of drug-likeness (QED) is 0.919. The van der Waals surface area contributed by atoms with Gasteiger partial charge in [-0.25, -0.2) is 0 Å². The minimum atomic E-state index is -0.239. The molecule has 0 saturated carbocycles. The van der Waals surface area contributed by atoms with E-state index in [1.54, 1.807) is 6.20 Å². The second-order valence-electron chi connectivity index (χ2n) is 7.36. The van der Waals surface area contributed by atoms with Gasteiger partial charge < -0.3 is 9.80 Å². The molecule has 2 aliphatic heterocycles. The van der Waals surface area contributed by atoms with E-state index in [0.29, 0.717) is 19.5 Å². The van der Waals surface area contributed by atoms with Gasteiger partial charge in [0.05, 0.1) is 17.7 Å². The van der Waals surface area contributed by atoms with Crippen LogP contribution in [0.25, 0.3) is 0 Å². The van der Waals surface area contributed by atoms with Crippen LogP contribution in [0.1, 0.15) is 42.1 Å². The Bertz CT molecular complexity index is 785. The van der Waals surface area contributed by atoms with Gasteiger partial charge in [-0.3, -0.25) is 14.7 Å². The van der Waals surface area contributed by atoms with Crippen molar-refractivity contribution in [2.45, 2.75) is 38.8 Å². The van der Waals surface area contributed by atoms with Crippen LogP contribution < -0.4 is 0 Å². The summed E-state index contributed by atoms with van der Waals surface area (Å²) < 4.78 is 0. The van der Waals surface area contributed by atoms with Crippen LogP contribution in [0.3, 0.4) is 0 Å². The lowest BCUT2D eigenvalue weighted by molar-refractivity contribution is -0.136. The Morgan fingerprint density at radius 2 is 2.08 bits per heavy atom. The summed E-state index contributed by atoms with van der Waals surface area (Å²) in [5.74, 6) is -0.0699. The Morgan fingerprint density at radius 1 is 1.27 bits per heavy atom. The highest BCUT2D eigenvalue weighted by atomic mass is 16.2. The molecule has 2 unspecified atom stereocenters. The maximum Gasteiger partial charge on any atom is 0.228 e. The zero-order valence-electron chi connectivity index (χ0n) is 15.0. The average Bonchev–Trinajstić information content (AvgIpc) is 3.37. The molecule has 2 fully saturated rings. The highest BCUT2D eigenvalue weighted by Crippen LogP contribution is 2.33. The molecule has 2 amide bonds. The van der Waals surface area contributed by atoms with Gasteiger partial charge in [-0.15, -0.1) is 0 Å². The number of nitrogens with zero attached hydrogens (tertiary/aromatic N) is 3. The first-order chi connectivity index (χ1) is 12.6. The molecular formula is C20H24N4O2. The Balaban J connectivity index is 1.43. The third kappa shape index (κ3) is 3.23. The number of aromatic amines is 1. The van der Waals surface area contributed by atoms with Gasteiger partial charge in [-0.2, -0.15) is 5.10 Å². The maximum absolute atomic E-state index is 13.1. The molecule has 1 N–H and O–H groups in total. The summed E-state index contributed by atoms with van der Waals surface area (Å²) in [6, 6.07) is 10.2. The van der Waals surface area contributed by atoms with E-state index in [1.165, 1.54) is 5.56 Å². The third-order valence-electron chi connectivity index (χ3n) is 5.47. The maximum atomic E-state index is 13.1. The topological polar surface area (TPSA) is 69.3 Å². The fourth-order valence-electron chi connectivity index (χ4n) is 4.04. The number of nitrogens with one attached hydrogen (secondary N) is 1. The summed E-state index contributed by atoms with van der Waals surface area (Å²) in [6.07, 6.45) is 3.97. The predicted molar refractivity (Wildman–Crippen MR) is 97.0 cm³/mol. The molecule has 1 aromatic heterocycles. The van der Waals surface area contributed by atoms with Crippen molar-refractivity contribution in [3.05, 3.63) is 53.3 Å². The van der Waals surface area contributed by atoms with Crippen molar-refractivity contribution in [3.8, 4) is 0 Å². The SMILES string of the molecule is Cc1ccc(CN2CC(C(=O)N3CCCC3c3ccn[nH]3)CC2=O)cc1. The molecule has 0 aliphatic carbocycles. The molecule has 0 radical (unpaired) electrons. The minimum Gasteiger partial charge on any atom is -0.338 e. The van der Waals surface area contributed by atoms with Crippen LogP contribution in [0.15, 0.2) is 36.5 Å². The number of likely N-dealkylation sites (tertiary alicyclic amines) is 2. The smallest absolute Gasteiger partial charge is 0.228 e. The largest absolute Gasteiger partial charge is 0.338 e. The number of aryl methyl sites for hydroxylation is 1. The zero-order valence-corrected chi connectivity index (χ0v) is 15.0. The van der Waals surface area contributed by atoms with E-state index in [0.717, 1.165) is 30.6 Å². The Morgan fingerprint density at radius 3 is 2.81 bits per heavy atom. The number of carbonyl (C=O) groups is 2. The van der Waals surface area contributed by atoms with E-state index in [1.807, 2.05) is 34.9 Å².